The highest BCUT2D eigenvalue weighted by molar-refractivity contribution is 5.90. The summed E-state index contributed by atoms with van der Waals surface area (Å²) in [6.45, 7) is 5.66. The summed E-state index contributed by atoms with van der Waals surface area (Å²) in [6.07, 6.45) is 7.01. The fraction of sp³-hybridized carbons (Fsp3) is 0.607. The third-order valence-corrected chi connectivity index (χ3v) is 7.81. The van der Waals surface area contributed by atoms with Crippen molar-refractivity contribution in [2.45, 2.75) is 69.7 Å². The van der Waals surface area contributed by atoms with Gasteiger partial charge in [0.1, 0.15) is 24.6 Å². The molecule has 10 nitrogen and oxygen atoms in total. The van der Waals surface area contributed by atoms with Crippen molar-refractivity contribution in [3.63, 3.8) is 0 Å². The average Bonchev–Trinajstić information content (AvgIpc) is 2.93. The van der Waals surface area contributed by atoms with Crippen molar-refractivity contribution in [1.82, 2.24) is 30.5 Å². The number of amides is 3. The van der Waals surface area contributed by atoms with Crippen LogP contribution in [0.15, 0.2) is 36.9 Å². The Morgan fingerprint density at radius 2 is 1.92 bits per heavy atom. The van der Waals surface area contributed by atoms with Crippen molar-refractivity contribution >= 4 is 17.9 Å². The van der Waals surface area contributed by atoms with Crippen molar-refractivity contribution in [3.8, 4) is 0 Å². The van der Waals surface area contributed by atoms with Crippen LogP contribution in [0.2, 0.25) is 0 Å². The number of alkyl carbamates (subject to hydrolysis) is 1. The van der Waals surface area contributed by atoms with Crippen LogP contribution < -0.4 is 10.6 Å². The Morgan fingerprint density at radius 1 is 1.18 bits per heavy atom. The molecule has 0 aromatic heterocycles. The molecule has 2 saturated heterocycles. The number of nitrogens with one attached hydrogen (secondary N) is 2. The van der Waals surface area contributed by atoms with Crippen LogP contribution in [0.25, 0.3) is 0 Å². The molecule has 3 aliphatic rings. The summed E-state index contributed by atoms with van der Waals surface area (Å²) in [7, 11) is 1.89. The lowest BCUT2D eigenvalue weighted by atomic mass is 9.91. The van der Waals surface area contributed by atoms with Gasteiger partial charge in [-0.3, -0.25) is 14.9 Å². The molecular weight excluding hydrogens is 503 g/mol. The van der Waals surface area contributed by atoms with Gasteiger partial charge < -0.3 is 19.9 Å². The zero-order valence-corrected chi connectivity index (χ0v) is 22.8. The van der Waals surface area contributed by atoms with E-state index in [9.17, 15) is 18.8 Å². The summed E-state index contributed by atoms with van der Waals surface area (Å²) in [6, 6.07) is 5.98. The van der Waals surface area contributed by atoms with E-state index in [1.165, 1.54) is 24.6 Å². The first-order valence-electron chi connectivity index (χ1n) is 13.9. The fourth-order valence-electron chi connectivity index (χ4n) is 5.84. The Bertz CT molecular complexity index is 1000. The van der Waals surface area contributed by atoms with E-state index in [-0.39, 0.29) is 43.0 Å². The number of rotatable bonds is 11. The molecule has 2 atom stereocenters. The molecule has 1 aromatic carbocycles. The Morgan fingerprint density at radius 3 is 2.64 bits per heavy atom. The van der Waals surface area contributed by atoms with Crippen LogP contribution in [-0.2, 0) is 20.9 Å². The minimum Gasteiger partial charge on any atom is -0.445 e. The van der Waals surface area contributed by atoms with E-state index in [0.29, 0.717) is 39.1 Å². The molecule has 0 spiro atoms. The van der Waals surface area contributed by atoms with Gasteiger partial charge in [-0.1, -0.05) is 44.1 Å². The molecule has 3 fully saturated rings. The molecule has 1 saturated carbocycles. The Labute approximate surface area is 230 Å². The Hall–Kier alpha value is -3.02. The summed E-state index contributed by atoms with van der Waals surface area (Å²) < 4.78 is 18.3. The van der Waals surface area contributed by atoms with Crippen LogP contribution in [0.3, 0.4) is 0 Å². The van der Waals surface area contributed by atoms with Crippen LogP contribution in [-0.4, -0.2) is 95.9 Å². The topological polar surface area (TPSA) is 97.5 Å². The second-order valence-corrected chi connectivity index (χ2v) is 10.5. The van der Waals surface area contributed by atoms with Crippen molar-refractivity contribution in [1.29, 1.82) is 0 Å². The van der Waals surface area contributed by atoms with E-state index in [0.717, 1.165) is 31.2 Å². The number of halogens is 1. The lowest BCUT2D eigenvalue weighted by Gasteiger charge is -2.56. The minimum atomic E-state index is -0.586. The first-order chi connectivity index (χ1) is 18.9. The van der Waals surface area contributed by atoms with Gasteiger partial charge in [-0.2, -0.15) is 0 Å². The van der Waals surface area contributed by atoms with E-state index < -0.39 is 12.1 Å². The second-order valence-electron chi connectivity index (χ2n) is 10.5. The molecule has 2 N–H and O–H groups in total. The van der Waals surface area contributed by atoms with Gasteiger partial charge in [0.15, 0.2) is 0 Å². The largest absolute Gasteiger partial charge is 0.445 e. The van der Waals surface area contributed by atoms with Crippen molar-refractivity contribution in [3.05, 3.63) is 48.3 Å². The molecule has 214 valence electrons. The highest BCUT2D eigenvalue weighted by Gasteiger charge is 2.50. The number of hydrazine groups is 1. The number of likely N-dealkylation sites (N-methyl/N-ethyl adjacent to an activating group) is 1. The normalized spacial score (nSPS) is 23.0. The average molecular weight is 545 g/mol. The molecule has 4 rings (SSSR count). The summed E-state index contributed by atoms with van der Waals surface area (Å²) in [5, 5.41) is 10.2. The van der Waals surface area contributed by atoms with E-state index in [4.69, 9.17) is 4.74 Å². The van der Waals surface area contributed by atoms with Crippen LogP contribution in [0.5, 0.6) is 0 Å². The summed E-state index contributed by atoms with van der Waals surface area (Å²) >= 11 is 0. The van der Waals surface area contributed by atoms with Gasteiger partial charge in [0.05, 0.1) is 19.8 Å². The monoisotopic (exact) mass is 544 g/mol. The molecule has 2 heterocycles. The second kappa shape index (κ2) is 13.9. The first-order valence-corrected chi connectivity index (χ1v) is 13.9. The van der Waals surface area contributed by atoms with Gasteiger partial charge in [0, 0.05) is 26.2 Å². The number of nitrogens with zero attached hydrogens (tertiary/aromatic N) is 4. The van der Waals surface area contributed by atoms with Gasteiger partial charge in [0.2, 0.25) is 11.8 Å². The molecular formula is C28H41FN6O4. The zero-order valence-electron chi connectivity index (χ0n) is 22.8. The molecule has 0 unspecified atom stereocenters. The van der Waals surface area contributed by atoms with E-state index >= 15 is 0 Å². The molecule has 0 bridgehead atoms. The van der Waals surface area contributed by atoms with Gasteiger partial charge >= 0.3 is 6.09 Å². The summed E-state index contributed by atoms with van der Waals surface area (Å²) in [5.41, 5.74) is 0.962. The van der Waals surface area contributed by atoms with Crippen molar-refractivity contribution < 1.29 is 23.5 Å². The standard InChI is InChI=1S/C28H41FN6O4/c1-3-16-39-28(38)31-15-7-10-24-27(37)33(23-8-5-4-6-9-23)18-25-34(32(2)19-26(36)35(24)25)20-30-17-21-11-13-22(29)14-12-21/h3,11-14,23-25,30H,1,4-10,15-20H2,2H3,(H,31,38)/t24-,25+/m0/s1. The van der Waals surface area contributed by atoms with Crippen molar-refractivity contribution in [2.75, 3.05) is 40.0 Å². The SMILES string of the molecule is C=CCOC(=O)NCCC[C@H]1C(=O)N(C2CCCCC2)C[C@H]2N1C(=O)CN(C)N2CNCc1ccc(F)cc1. The smallest absolute Gasteiger partial charge is 0.407 e. The number of carbonyl (C=O) groups excluding carboxylic acids is 3. The maximum Gasteiger partial charge on any atom is 0.407 e. The highest BCUT2D eigenvalue weighted by atomic mass is 19.1. The quantitative estimate of drug-likeness (QED) is 0.326. The number of benzene rings is 1. The van der Waals surface area contributed by atoms with E-state index in [1.54, 1.807) is 17.0 Å². The molecule has 1 aliphatic carbocycles. The third kappa shape index (κ3) is 7.34. The lowest BCUT2D eigenvalue weighted by Crippen LogP contribution is -2.75. The van der Waals surface area contributed by atoms with Gasteiger partial charge in [-0.05, 0) is 43.4 Å². The maximum absolute atomic E-state index is 13.8. The minimum absolute atomic E-state index is 0.00417. The zero-order chi connectivity index (χ0) is 27.8. The predicted molar refractivity (Wildman–Crippen MR) is 144 cm³/mol. The highest BCUT2D eigenvalue weighted by Crippen LogP contribution is 2.32. The van der Waals surface area contributed by atoms with E-state index in [1.807, 2.05) is 17.0 Å². The fourth-order valence-corrected chi connectivity index (χ4v) is 5.84. The third-order valence-electron chi connectivity index (χ3n) is 7.81. The number of carbonyl (C=O) groups is 3. The van der Waals surface area contributed by atoms with Crippen LogP contribution in [0.1, 0.15) is 50.5 Å². The van der Waals surface area contributed by atoms with Crippen LogP contribution in [0.4, 0.5) is 9.18 Å². The number of ether oxygens (including phenoxy) is 1. The number of hydrogen-bond acceptors (Lipinski definition) is 7. The number of piperazine rings is 1. The molecule has 1 aromatic rings. The molecule has 0 radical (unpaired) electrons. The Kier molecular flexibility index (Phi) is 10.3. The summed E-state index contributed by atoms with van der Waals surface area (Å²) in [4.78, 5) is 42.7. The van der Waals surface area contributed by atoms with Gasteiger partial charge in [0.25, 0.3) is 0 Å². The van der Waals surface area contributed by atoms with Crippen LogP contribution in [0, 0.1) is 5.82 Å². The molecule has 11 heteroatoms. The lowest BCUT2D eigenvalue weighted by molar-refractivity contribution is -0.203. The predicted octanol–water partition coefficient (Wildman–Crippen LogP) is 2.43. The number of fused-ring (bicyclic) bond motifs is 1. The first kappa shape index (κ1) is 29.0. The van der Waals surface area contributed by atoms with Gasteiger partial charge in [-0.15, -0.1) is 0 Å². The van der Waals surface area contributed by atoms with Crippen molar-refractivity contribution in [2.24, 2.45) is 0 Å². The molecule has 2 aliphatic heterocycles. The molecule has 3 amide bonds. The molecule has 39 heavy (non-hydrogen) atoms. The van der Waals surface area contributed by atoms with Crippen LogP contribution >= 0.6 is 0 Å². The van der Waals surface area contributed by atoms with Gasteiger partial charge in [-0.25, -0.2) is 19.2 Å². The maximum atomic E-state index is 13.8. The summed E-state index contributed by atoms with van der Waals surface area (Å²) in [5.74, 6) is -0.338. The Balaban J connectivity index is 1.47. The number of hydrogen-bond donors (Lipinski definition) is 2. The van der Waals surface area contributed by atoms with E-state index in [2.05, 4.69) is 22.2 Å².